The summed E-state index contributed by atoms with van der Waals surface area (Å²) in [7, 11) is 3.25. The standard InChI is InChI=1S/C21H22O5/c1-11-8-15-14(9-17(11)25-3)18(12-4-6-13(24-2)7-5-12)19-16(20(15)22)10-26-21(19)23/h4-9,16,18-20,22H,10H2,1-3H3/t16?,18-,19+,20+/m1/s1. The van der Waals surface area contributed by atoms with E-state index in [1.54, 1.807) is 14.2 Å². The number of aliphatic hydroxyl groups excluding tert-OH is 1. The molecule has 1 fully saturated rings. The van der Waals surface area contributed by atoms with Gasteiger partial charge in [-0.1, -0.05) is 12.1 Å². The van der Waals surface area contributed by atoms with Crippen LogP contribution in [0.1, 0.15) is 34.3 Å². The number of methoxy groups -OCH3 is 2. The van der Waals surface area contributed by atoms with Crippen LogP contribution in [0.4, 0.5) is 0 Å². The van der Waals surface area contributed by atoms with E-state index in [0.717, 1.165) is 33.8 Å². The van der Waals surface area contributed by atoms with Crippen molar-refractivity contribution < 1.29 is 24.1 Å². The number of rotatable bonds is 3. The first kappa shape index (κ1) is 16.9. The maximum atomic E-state index is 12.5. The van der Waals surface area contributed by atoms with Crippen LogP contribution in [0.2, 0.25) is 0 Å². The third kappa shape index (κ3) is 2.46. The van der Waals surface area contributed by atoms with E-state index >= 15 is 0 Å². The molecule has 1 aliphatic carbocycles. The Kier molecular flexibility index (Phi) is 4.11. The molecule has 4 rings (SSSR count). The minimum atomic E-state index is -0.722. The predicted octanol–water partition coefficient (Wildman–Crippen LogP) is 2.98. The quantitative estimate of drug-likeness (QED) is 0.859. The molecular formula is C21H22O5. The van der Waals surface area contributed by atoms with Crippen LogP contribution in [0, 0.1) is 18.8 Å². The molecule has 1 saturated heterocycles. The van der Waals surface area contributed by atoms with Gasteiger partial charge in [0.25, 0.3) is 0 Å². The molecule has 0 bridgehead atoms. The second-order valence-corrected chi connectivity index (χ2v) is 6.97. The molecule has 0 amide bonds. The van der Waals surface area contributed by atoms with Crippen molar-refractivity contribution in [3.05, 3.63) is 58.7 Å². The number of hydrogen-bond donors (Lipinski definition) is 1. The van der Waals surface area contributed by atoms with Gasteiger partial charge >= 0.3 is 5.97 Å². The van der Waals surface area contributed by atoms with E-state index in [1.165, 1.54) is 0 Å². The Morgan fingerprint density at radius 3 is 2.46 bits per heavy atom. The number of aliphatic hydroxyl groups is 1. The third-order valence-corrected chi connectivity index (χ3v) is 5.65. The number of aryl methyl sites for hydroxylation is 1. The molecule has 1 aliphatic heterocycles. The minimum Gasteiger partial charge on any atom is -0.497 e. The maximum absolute atomic E-state index is 12.5. The van der Waals surface area contributed by atoms with Crippen LogP contribution in [-0.2, 0) is 9.53 Å². The maximum Gasteiger partial charge on any atom is 0.310 e. The Morgan fingerprint density at radius 1 is 1.08 bits per heavy atom. The van der Waals surface area contributed by atoms with Crippen molar-refractivity contribution >= 4 is 5.97 Å². The van der Waals surface area contributed by atoms with Gasteiger partial charge in [-0.25, -0.2) is 0 Å². The summed E-state index contributed by atoms with van der Waals surface area (Å²) < 4.78 is 16.1. The van der Waals surface area contributed by atoms with Crippen LogP contribution in [0.5, 0.6) is 11.5 Å². The van der Waals surface area contributed by atoms with E-state index < -0.39 is 12.0 Å². The largest absolute Gasteiger partial charge is 0.497 e. The number of benzene rings is 2. The van der Waals surface area contributed by atoms with Crippen molar-refractivity contribution in [3.8, 4) is 11.5 Å². The molecule has 0 radical (unpaired) electrons. The fourth-order valence-electron chi connectivity index (χ4n) is 4.32. The Hall–Kier alpha value is -2.53. The number of fused-ring (bicyclic) bond motifs is 2. The lowest BCUT2D eigenvalue weighted by Crippen LogP contribution is -2.34. The van der Waals surface area contributed by atoms with Gasteiger partial charge in [0.1, 0.15) is 11.5 Å². The summed E-state index contributed by atoms with van der Waals surface area (Å²) in [5.74, 6) is 0.429. The minimum absolute atomic E-state index is 0.186. The highest BCUT2D eigenvalue weighted by molar-refractivity contribution is 5.78. The van der Waals surface area contributed by atoms with Crippen molar-refractivity contribution in [1.29, 1.82) is 0 Å². The molecule has 1 N–H and O–H groups in total. The second-order valence-electron chi connectivity index (χ2n) is 6.97. The fraction of sp³-hybridized carbons (Fsp3) is 0.381. The first-order valence-corrected chi connectivity index (χ1v) is 8.72. The highest BCUT2D eigenvalue weighted by Crippen LogP contribution is 2.52. The summed E-state index contributed by atoms with van der Waals surface area (Å²) in [6.07, 6.45) is -0.722. The van der Waals surface area contributed by atoms with Gasteiger partial charge < -0.3 is 19.3 Å². The van der Waals surface area contributed by atoms with E-state index in [0.29, 0.717) is 0 Å². The van der Waals surface area contributed by atoms with Crippen LogP contribution in [0.3, 0.4) is 0 Å². The summed E-state index contributed by atoms with van der Waals surface area (Å²) >= 11 is 0. The molecule has 1 heterocycles. The van der Waals surface area contributed by atoms with Crippen molar-refractivity contribution in [3.63, 3.8) is 0 Å². The predicted molar refractivity (Wildman–Crippen MR) is 95.5 cm³/mol. The average Bonchev–Trinajstić information content (AvgIpc) is 3.04. The average molecular weight is 354 g/mol. The molecule has 5 nitrogen and oxygen atoms in total. The zero-order valence-corrected chi connectivity index (χ0v) is 15.1. The van der Waals surface area contributed by atoms with Gasteiger partial charge in [0, 0.05) is 11.8 Å². The van der Waals surface area contributed by atoms with Gasteiger partial charge in [-0.2, -0.15) is 0 Å². The van der Waals surface area contributed by atoms with Crippen molar-refractivity contribution in [1.82, 2.24) is 0 Å². The van der Waals surface area contributed by atoms with Crippen LogP contribution < -0.4 is 9.47 Å². The molecule has 0 aromatic heterocycles. The Bertz CT molecular complexity index is 842. The zero-order chi connectivity index (χ0) is 18.4. The van der Waals surface area contributed by atoms with E-state index in [9.17, 15) is 9.90 Å². The smallest absolute Gasteiger partial charge is 0.310 e. The van der Waals surface area contributed by atoms with Crippen molar-refractivity contribution in [2.45, 2.75) is 18.9 Å². The summed E-state index contributed by atoms with van der Waals surface area (Å²) in [6.45, 7) is 2.21. The van der Waals surface area contributed by atoms with E-state index in [1.807, 2.05) is 43.3 Å². The Morgan fingerprint density at radius 2 is 1.81 bits per heavy atom. The molecule has 0 saturated carbocycles. The van der Waals surface area contributed by atoms with E-state index in [-0.39, 0.29) is 24.4 Å². The molecular weight excluding hydrogens is 332 g/mol. The number of carbonyl (C=O) groups excluding carboxylic acids is 1. The highest BCUT2D eigenvalue weighted by atomic mass is 16.5. The summed E-state index contributed by atoms with van der Waals surface area (Å²) in [5.41, 5.74) is 3.73. The monoisotopic (exact) mass is 354 g/mol. The lowest BCUT2D eigenvalue weighted by molar-refractivity contribution is -0.141. The number of cyclic esters (lactones) is 1. The van der Waals surface area contributed by atoms with Crippen molar-refractivity contribution in [2.24, 2.45) is 11.8 Å². The van der Waals surface area contributed by atoms with Crippen LogP contribution >= 0.6 is 0 Å². The second kappa shape index (κ2) is 6.32. The van der Waals surface area contributed by atoms with Gasteiger partial charge in [0.05, 0.1) is 32.8 Å². The van der Waals surface area contributed by atoms with Gasteiger partial charge in [0.15, 0.2) is 0 Å². The number of carbonyl (C=O) groups is 1. The lowest BCUT2D eigenvalue weighted by atomic mass is 9.66. The zero-order valence-electron chi connectivity index (χ0n) is 15.1. The third-order valence-electron chi connectivity index (χ3n) is 5.65. The van der Waals surface area contributed by atoms with Gasteiger partial charge in [-0.15, -0.1) is 0 Å². The lowest BCUT2D eigenvalue weighted by Gasteiger charge is -2.37. The molecule has 5 heteroatoms. The van der Waals surface area contributed by atoms with Crippen LogP contribution in [0.15, 0.2) is 36.4 Å². The molecule has 136 valence electrons. The topological polar surface area (TPSA) is 65.0 Å². The highest BCUT2D eigenvalue weighted by Gasteiger charge is 2.51. The van der Waals surface area contributed by atoms with Gasteiger partial charge in [-0.05, 0) is 53.4 Å². The van der Waals surface area contributed by atoms with Gasteiger partial charge in [0.2, 0.25) is 0 Å². The van der Waals surface area contributed by atoms with Crippen molar-refractivity contribution in [2.75, 3.05) is 20.8 Å². The van der Waals surface area contributed by atoms with Gasteiger partial charge in [-0.3, -0.25) is 4.79 Å². The first-order valence-electron chi connectivity index (χ1n) is 8.72. The summed E-state index contributed by atoms with van der Waals surface area (Å²) in [4.78, 5) is 12.5. The number of ether oxygens (including phenoxy) is 3. The molecule has 2 aromatic rings. The van der Waals surface area contributed by atoms with Crippen LogP contribution in [-0.4, -0.2) is 31.9 Å². The van der Waals surface area contributed by atoms with E-state index in [2.05, 4.69) is 0 Å². The molecule has 4 atom stereocenters. The number of hydrogen-bond acceptors (Lipinski definition) is 5. The summed E-state index contributed by atoms with van der Waals surface area (Å²) in [5, 5.41) is 10.9. The molecule has 1 unspecified atom stereocenters. The molecule has 2 aromatic carbocycles. The Labute approximate surface area is 152 Å². The number of esters is 1. The molecule has 2 aliphatic rings. The SMILES string of the molecule is COc1ccc([C@@H]2c3cc(OC)c(C)cc3[C@H](O)C3COC(=O)[C@@H]32)cc1. The normalized spacial score (nSPS) is 26.7. The molecule has 26 heavy (non-hydrogen) atoms. The Balaban J connectivity index is 1.91. The fourth-order valence-corrected chi connectivity index (χ4v) is 4.32. The van der Waals surface area contributed by atoms with Crippen LogP contribution in [0.25, 0.3) is 0 Å². The first-order chi connectivity index (χ1) is 12.5. The molecule has 0 spiro atoms. The van der Waals surface area contributed by atoms with E-state index in [4.69, 9.17) is 14.2 Å². The summed E-state index contributed by atoms with van der Waals surface area (Å²) in [6, 6.07) is 11.6.